The molecule has 7 nitrogen and oxygen atoms in total. The van der Waals surface area contributed by atoms with Gasteiger partial charge in [0.05, 0.1) is 15.1 Å². The van der Waals surface area contributed by atoms with Gasteiger partial charge in [0.15, 0.2) is 4.34 Å². The van der Waals surface area contributed by atoms with Crippen molar-refractivity contribution in [2.45, 2.75) is 68.2 Å². The van der Waals surface area contributed by atoms with Gasteiger partial charge in [-0.2, -0.15) is 4.72 Å². The molecule has 0 saturated carbocycles. The number of hydroxylamine groups is 1. The molecular weight excluding hydrogens is 430 g/mol. The maximum absolute atomic E-state index is 12.8. The van der Waals surface area contributed by atoms with E-state index >= 15 is 0 Å². The third-order valence-corrected chi connectivity index (χ3v) is 8.02. The number of sulfonamides is 1. The van der Waals surface area contributed by atoms with E-state index in [0.717, 1.165) is 26.7 Å². The summed E-state index contributed by atoms with van der Waals surface area (Å²) < 4.78 is 29.7. The fourth-order valence-electron chi connectivity index (χ4n) is 2.81. The highest BCUT2D eigenvalue weighted by Gasteiger charge is 2.26. The van der Waals surface area contributed by atoms with E-state index in [1.54, 1.807) is 23.9 Å². The minimum atomic E-state index is -3.92. The van der Waals surface area contributed by atoms with E-state index in [2.05, 4.69) is 16.6 Å². The number of hydrogen-bond donors (Lipinski definition) is 3. The van der Waals surface area contributed by atoms with Gasteiger partial charge in [0.1, 0.15) is 6.04 Å². The van der Waals surface area contributed by atoms with Crippen LogP contribution in [0.15, 0.2) is 27.4 Å². The SMILES string of the molecule is CCCCCCSc1nc2ccc(S(=O)(=O)N[C@H](CC(C)C)C(=O)NO)cc2s1. The number of aromatic nitrogens is 1. The molecule has 0 unspecified atom stereocenters. The Morgan fingerprint density at radius 1 is 1.28 bits per heavy atom. The molecule has 0 fully saturated rings. The lowest BCUT2D eigenvalue weighted by Gasteiger charge is -2.18. The molecule has 0 aliphatic heterocycles. The maximum atomic E-state index is 12.8. The van der Waals surface area contributed by atoms with Crippen LogP contribution < -0.4 is 10.2 Å². The lowest BCUT2D eigenvalue weighted by molar-refractivity contribution is -0.131. The Kier molecular flexibility index (Phi) is 9.35. The molecule has 1 amide bonds. The Morgan fingerprint density at radius 3 is 2.69 bits per heavy atom. The molecule has 0 saturated heterocycles. The van der Waals surface area contributed by atoms with Crippen molar-refractivity contribution >= 4 is 49.2 Å². The van der Waals surface area contributed by atoms with Crippen molar-refractivity contribution in [1.82, 2.24) is 15.2 Å². The van der Waals surface area contributed by atoms with Crippen LogP contribution in [0.2, 0.25) is 0 Å². The molecule has 1 aromatic heterocycles. The summed E-state index contributed by atoms with van der Waals surface area (Å²) in [6.07, 6.45) is 5.06. The quantitative estimate of drug-likeness (QED) is 0.190. The highest BCUT2D eigenvalue weighted by atomic mass is 32.2. The molecule has 0 aliphatic carbocycles. The van der Waals surface area contributed by atoms with Gasteiger partial charge < -0.3 is 0 Å². The first kappa shape index (κ1) is 24.1. The van der Waals surface area contributed by atoms with Crippen molar-refractivity contribution in [1.29, 1.82) is 0 Å². The number of nitrogens with zero attached hydrogens (tertiary/aromatic N) is 1. The largest absolute Gasteiger partial charge is 0.289 e. The number of nitrogens with one attached hydrogen (secondary N) is 2. The van der Waals surface area contributed by atoms with Crippen LogP contribution in [0.4, 0.5) is 0 Å². The number of benzene rings is 1. The van der Waals surface area contributed by atoms with Crippen molar-refractivity contribution in [2.24, 2.45) is 5.92 Å². The summed E-state index contributed by atoms with van der Waals surface area (Å²) in [6, 6.07) is 3.71. The van der Waals surface area contributed by atoms with Crippen LogP contribution >= 0.6 is 23.1 Å². The van der Waals surface area contributed by atoms with Gasteiger partial charge in [0.2, 0.25) is 10.0 Å². The molecule has 1 aromatic carbocycles. The van der Waals surface area contributed by atoms with Crippen molar-refractivity contribution < 1.29 is 18.4 Å². The van der Waals surface area contributed by atoms with Gasteiger partial charge in [-0.05, 0) is 37.0 Å². The van der Waals surface area contributed by atoms with E-state index < -0.39 is 22.0 Å². The highest BCUT2D eigenvalue weighted by molar-refractivity contribution is 8.01. The van der Waals surface area contributed by atoms with E-state index in [9.17, 15) is 13.2 Å². The highest BCUT2D eigenvalue weighted by Crippen LogP contribution is 2.31. The second kappa shape index (κ2) is 11.3. The zero-order valence-corrected chi connectivity index (χ0v) is 19.4. The summed E-state index contributed by atoms with van der Waals surface area (Å²) in [5.74, 6) is 0.295. The van der Waals surface area contributed by atoms with E-state index in [4.69, 9.17) is 5.21 Å². The molecule has 0 spiro atoms. The second-order valence-electron chi connectivity index (χ2n) is 7.30. The molecule has 2 aromatic rings. The first-order chi connectivity index (χ1) is 13.8. The van der Waals surface area contributed by atoms with Crippen molar-refractivity contribution in [3.05, 3.63) is 18.2 Å². The zero-order valence-electron chi connectivity index (χ0n) is 17.0. The van der Waals surface area contributed by atoms with Gasteiger partial charge in [-0.15, -0.1) is 11.3 Å². The number of rotatable bonds is 12. The standard InChI is InChI=1S/C19H29N3O4S3/c1-4-5-6-7-10-27-19-20-15-9-8-14(12-17(15)28-19)29(25,26)22-16(11-13(2)3)18(23)21-24/h8-9,12-13,16,22,24H,4-7,10-11H2,1-3H3,(H,21,23)/t16-/m1/s1. The van der Waals surface area contributed by atoms with Crippen LogP contribution in [0.1, 0.15) is 52.9 Å². The number of unbranched alkanes of at least 4 members (excludes halogenated alkanes) is 3. The smallest absolute Gasteiger partial charge is 0.261 e. The van der Waals surface area contributed by atoms with E-state index in [1.807, 2.05) is 13.8 Å². The number of thiazole rings is 1. The van der Waals surface area contributed by atoms with Crippen molar-refractivity contribution in [2.75, 3.05) is 5.75 Å². The van der Waals surface area contributed by atoms with Crippen LogP contribution in [-0.2, 0) is 14.8 Å². The fraction of sp³-hybridized carbons (Fsp3) is 0.579. The van der Waals surface area contributed by atoms with Gasteiger partial charge in [-0.25, -0.2) is 18.9 Å². The summed E-state index contributed by atoms with van der Waals surface area (Å²) in [5.41, 5.74) is 2.29. The molecule has 0 aliphatic rings. The van der Waals surface area contributed by atoms with E-state index in [-0.39, 0.29) is 17.2 Å². The number of thioether (sulfide) groups is 1. The zero-order chi connectivity index (χ0) is 21.4. The van der Waals surface area contributed by atoms with Crippen LogP contribution in [0.25, 0.3) is 10.2 Å². The molecule has 162 valence electrons. The monoisotopic (exact) mass is 459 g/mol. The van der Waals surface area contributed by atoms with Gasteiger partial charge in [-0.1, -0.05) is 51.8 Å². The van der Waals surface area contributed by atoms with Crippen molar-refractivity contribution in [3.63, 3.8) is 0 Å². The average Bonchev–Trinajstić information content (AvgIpc) is 3.08. The summed E-state index contributed by atoms with van der Waals surface area (Å²) in [6.45, 7) is 5.93. The van der Waals surface area contributed by atoms with Crippen LogP contribution in [0, 0.1) is 5.92 Å². The van der Waals surface area contributed by atoms with Crippen LogP contribution in [0.3, 0.4) is 0 Å². The Morgan fingerprint density at radius 2 is 2.03 bits per heavy atom. The second-order valence-corrected chi connectivity index (χ2v) is 11.4. The number of hydrogen-bond acceptors (Lipinski definition) is 7. The first-order valence-corrected chi connectivity index (χ1v) is 13.0. The Balaban J connectivity index is 2.13. The molecule has 0 bridgehead atoms. The molecule has 1 atom stereocenters. The van der Waals surface area contributed by atoms with Crippen LogP contribution in [-0.4, -0.2) is 36.3 Å². The van der Waals surface area contributed by atoms with Gasteiger partial charge in [-0.3, -0.25) is 10.0 Å². The third kappa shape index (κ3) is 7.21. The fourth-order valence-corrected chi connectivity index (χ4v) is 6.30. The Labute approximate surface area is 180 Å². The maximum Gasteiger partial charge on any atom is 0.261 e. The summed E-state index contributed by atoms with van der Waals surface area (Å²) in [4.78, 5) is 16.5. The average molecular weight is 460 g/mol. The molecule has 1 heterocycles. The number of amides is 1. The predicted octanol–water partition coefficient (Wildman–Crippen LogP) is 4.17. The third-order valence-electron chi connectivity index (χ3n) is 4.31. The molecular formula is C19H29N3O4S3. The minimum Gasteiger partial charge on any atom is -0.289 e. The molecule has 10 heteroatoms. The molecule has 2 rings (SSSR count). The predicted molar refractivity (Wildman–Crippen MR) is 118 cm³/mol. The first-order valence-electron chi connectivity index (χ1n) is 9.76. The topological polar surface area (TPSA) is 108 Å². The summed E-state index contributed by atoms with van der Waals surface area (Å²) in [5, 5.41) is 8.90. The lowest BCUT2D eigenvalue weighted by Crippen LogP contribution is -2.46. The van der Waals surface area contributed by atoms with Gasteiger partial charge in [0.25, 0.3) is 5.91 Å². The van der Waals surface area contributed by atoms with Crippen LogP contribution in [0.5, 0.6) is 0 Å². The summed E-state index contributed by atoms with van der Waals surface area (Å²) in [7, 11) is -3.92. The normalized spacial score (nSPS) is 13.1. The Hall–Kier alpha value is -1.20. The van der Waals surface area contributed by atoms with E-state index in [1.165, 1.54) is 42.1 Å². The molecule has 29 heavy (non-hydrogen) atoms. The van der Waals surface area contributed by atoms with E-state index in [0.29, 0.717) is 0 Å². The number of fused-ring (bicyclic) bond motifs is 1. The van der Waals surface area contributed by atoms with Gasteiger partial charge >= 0.3 is 0 Å². The minimum absolute atomic E-state index is 0.0703. The van der Waals surface area contributed by atoms with Crippen molar-refractivity contribution in [3.8, 4) is 0 Å². The summed E-state index contributed by atoms with van der Waals surface area (Å²) >= 11 is 3.17. The molecule has 0 radical (unpaired) electrons. The molecule has 3 N–H and O–H groups in total. The van der Waals surface area contributed by atoms with Gasteiger partial charge in [0, 0.05) is 5.75 Å². The lowest BCUT2D eigenvalue weighted by atomic mass is 10.0. The number of carbonyl (C=O) groups is 1. The Bertz CT molecular complexity index is 913. The number of carbonyl (C=O) groups excluding carboxylic acids is 1.